The third kappa shape index (κ3) is 4.43. The zero-order valence-corrected chi connectivity index (χ0v) is 10.5. The Balaban J connectivity index is 2.64. The molecule has 1 rings (SSSR count). The van der Waals surface area contributed by atoms with Crippen LogP contribution in [-0.2, 0) is 0 Å². The lowest BCUT2D eigenvalue weighted by Crippen LogP contribution is -2.13. The number of rotatable bonds is 4. The molecule has 0 heterocycles. The summed E-state index contributed by atoms with van der Waals surface area (Å²) in [4.78, 5) is 0. The highest BCUT2D eigenvalue weighted by atomic mass is 19.1. The van der Waals surface area contributed by atoms with E-state index in [1.54, 1.807) is 6.07 Å². The summed E-state index contributed by atoms with van der Waals surface area (Å²) < 4.78 is 18.9. The van der Waals surface area contributed by atoms with Gasteiger partial charge in [-0.2, -0.15) is 0 Å². The Morgan fingerprint density at radius 3 is 2.53 bits per heavy atom. The fourth-order valence-electron chi connectivity index (χ4n) is 1.25. The lowest BCUT2D eigenvalue weighted by atomic mass is 9.93. The summed E-state index contributed by atoms with van der Waals surface area (Å²) in [7, 11) is 0. The Bertz CT molecular complexity index is 410. The molecule has 0 saturated heterocycles. The van der Waals surface area contributed by atoms with Gasteiger partial charge in [-0.1, -0.05) is 20.8 Å². The lowest BCUT2D eigenvalue weighted by Gasteiger charge is -2.18. The number of halogens is 1. The van der Waals surface area contributed by atoms with Gasteiger partial charge in [-0.3, -0.25) is 5.41 Å². The van der Waals surface area contributed by atoms with Crippen molar-refractivity contribution in [2.45, 2.75) is 27.2 Å². The zero-order valence-electron chi connectivity index (χ0n) is 10.5. The molecule has 4 heteroatoms. The minimum Gasteiger partial charge on any atom is -0.490 e. The van der Waals surface area contributed by atoms with Gasteiger partial charge in [-0.25, -0.2) is 4.39 Å². The van der Waals surface area contributed by atoms with Crippen LogP contribution in [0.3, 0.4) is 0 Å². The molecular weight excluding hydrogens is 219 g/mol. The van der Waals surface area contributed by atoms with Crippen molar-refractivity contribution in [3.8, 4) is 5.75 Å². The summed E-state index contributed by atoms with van der Waals surface area (Å²) in [5, 5.41) is 7.19. The van der Waals surface area contributed by atoms with Crippen LogP contribution in [0.25, 0.3) is 0 Å². The fourth-order valence-corrected chi connectivity index (χ4v) is 1.25. The second-order valence-corrected chi connectivity index (χ2v) is 5.22. The van der Waals surface area contributed by atoms with Crippen LogP contribution in [0.1, 0.15) is 32.8 Å². The number of nitrogens with one attached hydrogen (secondary N) is 1. The van der Waals surface area contributed by atoms with E-state index in [4.69, 9.17) is 15.9 Å². The molecule has 1 aromatic rings. The molecule has 0 aliphatic rings. The first-order valence-electron chi connectivity index (χ1n) is 5.56. The predicted molar refractivity (Wildman–Crippen MR) is 67.0 cm³/mol. The van der Waals surface area contributed by atoms with E-state index < -0.39 is 5.82 Å². The molecule has 0 spiro atoms. The number of nitrogen functional groups attached to an aromatic ring is 1. The van der Waals surface area contributed by atoms with Crippen molar-refractivity contribution in [1.29, 1.82) is 5.41 Å². The summed E-state index contributed by atoms with van der Waals surface area (Å²) in [6.45, 7) is 6.78. The van der Waals surface area contributed by atoms with E-state index in [1.165, 1.54) is 12.1 Å². The maximum absolute atomic E-state index is 13.6. The second kappa shape index (κ2) is 5.17. The third-order valence-corrected chi connectivity index (χ3v) is 2.35. The van der Waals surface area contributed by atoms with E-state index in [9.17, 15) is 4.39 Å². The average Bonchev–Trinajstić information content (AvgIpc) is 2.18. The standard InChI is InChI=1S/C13H19FN2O/c1-13(2,3)6-7-17-11-5-4-9(12(15)16)8-10(11)14/h4-5,8H,6-7H2,1-3H3,(H3,15,16). The molecule has 17 heavy (non-hydrogen) atoms. The van der Waals surface area contributed by atoms with E-state index in [0.717, 1.165) is 6.42 Å². The smallest absolute Gasteiger partial charge is 0.165 e. The molecule has 1 aromatic carbocycles. The number of hydrogen-bond acceptors (Lipinski definition) is 2. The SMILES string of the molecule is CC(C)(C)CCOc1ccc(C(=N)N)cc1F. The zero-order chi connectivity index (χ0) is 13.1. The molecule has 3 nitrogen and oxygen atoms in total. The molecule has 0 bridgehead atoms. The van der Waals surface area contributed by atoms with Crippen molar-refractivity contribution in [3.63, 3.8) is 0 Å². The van der Waals surface area contributed by atoms with Crippen molar-refractivity contribution in [2.75, 3.05) is 6.61 Å². The Kier molecular flexibility index (Phi) is 4.10. The monoisotopic (exact) mass is 238 g/mol. The maximum Gasteiger partial charge on any atom is 0.165 e. The lowest BCUT2D eigenvalue weighted by molar-refractivity contribution is 0.235. The quantitative estimate of drug-likeness (QED) is 0.626. The van der Waals surface area contributed by atoms with Gasteiger partial charge in [0.2, 0.25) is 0 Å². The number of hydrogen-bond donors (Lipinski definition) is 2. The van der Waals surface area contributed by atoms with Crippen molar-refractivity contribution in [1.82, 2.24) is 0 Å². The summed E-state index contributed by atoms with van der Waals surface area (Å²) in [6.07, 6.45) is 0.848. The van der Waals surface area contributed by atoms with E-state index in [2.05, 4.69) is 20.8 Å². The van der Waals surface area contributed by atoms with Gasteiger partial charge in [0.15, 0.2) is 11.6 Å². The Labute approximate surface area is 101 Å². The summed E-state index contributed by atoms with van der Waals surface area (Å²) in [6, 6.07) is 4.31. The van der Waals surface area contributed by atoms with Gasteiger partial charge in [-0.15, -0.1) is 0 Å². The predicted octanol–water partition coefficient (Wildman–Crippen LogP) is 2.92. The van der Waals surface area contributed by atoms with Crippen molar-refractivity contribution >= 4 is 5.84 Å². The summed E-state index contributed by atoms with van der Waals surface area (Å²) in [5.41, 5.74) is 5.79. The van der Waals surface area contributed by atoms with Gasteiger partial charge in [0, 0.05) is 5.56 Å². The summed E-state index contributed by atoms with van der Waals surface area (Å²) >= 11 is 0. The van der Waals surface area contributed by atoms with Gasteiger partial charge in [0.1, 0.15) is 5.84 Å². The first kappa shape index (κ1) is 13.5. The van der Waals surface area contributed by atoms with E-state index in [0.29, 0.717) is 12.2 Å². The number of nitrogens with two attached hydrogens (primary N) is 1. The number of ether oxygens (including phenoxy) is 1. The van der Waals surface area contributed by atoms with Gasteiger partial charge in [0.05, 0.1) is 6.61 Å². The maximum atomic E-state index is 13.6. The Hall–Kier alpha value is -1.58. The van der Waals surface area contributed by atoms with Crippen molar-refractivity contribution in [2.24, 2.45) is 11.1 Å². The molecule has 0 saturated carbocycles. The molecule has 0 aromatic heterocycles. The molecule has 0 radical (unpaired) electrons. The van der Waals surface area contributed by atoms with Crippen LogP contribution in [0.5, 0.6) is 5.75 Å². The van der Waals surface area contributed by atoms with E-state index >= 15 is 0 Å². The largest absolute Gasteiger partial charge is 0.490 e. The molecule has 3 N–H and O–H groups in total. The van der Waals surface area contributed by atoms with Crippen LogP contribution in [0.4, 0.5) is 4.39 Å². The Morgan fingerprint density at radius 1 is 1.41 bits per heavy atom. The number of amidine groups is 1. The molecule has 0 aliphatic heterocycles. The molecule has 0 amide bonds. The molecule has 0 atom stereocenters. The fraction of sp³-hybridized carbons (Fsp3) is 0.462. The van der Waals surface area contributed by atoms with Crippen LogP contribution in [0.2, 0.25) is 0 Å². The van der Waals surface area contributed by atoms with Crippen molar-refractivity contribution in [3.05, 3.63) is 29.6 Å². The van der Waals surface area contributed by atoms with E-state index in [-0.39, 0.29) is 17.0 Å². The Morgan fingerprint density at radius 2 is 2.06 bits per heavy atom. The van der Waals surface area contributed by atoms with Gasteiger partial charge in [-0.05, 0) is 30.0 Å². The minimum atomic E-state index is -0.480. The highest BCUT2D eigenvalue weighted by Gasteiger charge is 2.11. The van der Waals surface area contributed by atoms with Gasteiger partial charge < -0.3 is 10.5 Å². The highest BCUT2D eigenvalue weighted by Crippen LogP contribution is 2.22. The second-order valence-electron chi connectivity index (χ2n) is 5.22. The first-order chi connectivity index (χ1) is 7.79. The summed E-state index contributed by atoms with van der Waals surface area (Å²) in [5.74, 6) is -0.420. The molecule has 0 aliphatic carbocycles. The molecular formula is C13H19FN2O. The van der Waals surface area contributed by atoms with Crippen LogP contribution >= 0.6 is 0 Å². The molecule has 0 fully saturated rings. The molecule has 94 valence electrons. The normalized spacial score (nSPS) is 11.3. The van der Waals surface area contributed by atoms with Gasteiger partial charge in [0.25, 0.3) is 0 Å². The highest BCUT2D eigenvalue weighted by molar-refractivity contribution is 5.95. The van der Waals surface area contributed by atoms with E-state index in [1.807, 2.05) is 0 Å². The first-order valence-corrected chi connectivity index (χ1v) is 5.56. The number of benzene rings is 1. The topological polar surface area (TPSA) is 59.1 Å². The molecule has 0 unspecified atom stereocenters. The van der Waals surface area contributed by atoms with Crippen molar-refractivity contribution < 1.29 is 9.13 Å². The average molecular weight is 238 g/mol. The van der Waals surface area contributed by atoms with Gasteiger partial charge >= 0.3 is 0 Å². The van der Waals surface area contributed by atoms with Crippen LogP contribution < -0.4 is 10.5 Å². The van der Waals surface area contributed by atoms with Crippen LogP contribution in [-0.4, -0.2) is 12.4 Å². The third-order valence-electron chi connectivity index (χ3n) is 2.35. The minimum absolute atomic E-state index is 0.148. The van der Waals surface area contributed by atoms with Crippen LogP contribution in [0.15, 0.2) is 18.2 Å². The van der Waals surface area contributed by atoms with Crippen LogP contribution in [0, 0.1) is 16.6 Å².